The van der Waals surface area contributed by atoms with Crippen LogP contribution in [-0.4, -0.2) is 39.6 Å². The van der Waals surface area contributed by atoms with Gasteiger partial charge in [0.2, 0.25) is 0 Å². The first kappa shape index (κ1) is 23.7. The summed E-state index contributed by atoms with van der Waals surface area (Å²) in [5.74, 6) is 2.48. The maximum atomic E-state index is 6.03. The maximum absolute atomic E-state index is 6.03. The van der Waals surface area contributed by atoms with E-state index in [0.717, 1.165) is 76.2 Å². The van der Waals surface area contributed by atoms with Crippen molar-refractivity contribution >= 4 is 22.7 Å². The lowest BCUT2D eigenvalue weighted by Crippen LogP contribution is -2.16. The van der Waals surface area contributed by atoms with Crippen LogP contribution in [0.2, 0.25) is 0 Å². The van der Waals surface area contributed by atoms with Crippen molar-refractivity contribution in [3.8, 4) is 28.4 Å². The van der Waals surface area contributed by atoms with Crippen molar-refractivity contribution < 1.29 is 9.47 Å². The van der Waals surface area contributed by atoms with Crippen LogP contribution in [0.25, 0.3) is 33.5 Å². The molecular weight excluding hydrogens is 480 g/mol. The number of benzene rings is 3. The van der Waals surface area contributed by atoms with E-state index in [9.17, 15) is 0 Å². The van der Waals surface area contributed by atoms with Crippen LogP contribution in [0.15, 0.2) is 90.1 Å². The molecule has 6 rings (SSSR count). The van der Waals surface area contributed by atoms with Crippen LogP contribution in [0.4, 0.5) is 0 Å². The van der Waals surface area contributed by atoms with Gasteiger partial charge in [0.1, 0.15) is 5.75 Å². The fraction of sp³-hybridized carbons (Fsp3) is 0.233. The third-order valence-corrected chi connectivity index (χ3v) is 7.69. The van der Waals surface area contributed by atoms with Gasteiger partial charge in [0.05, 0.1) is 31.0 Å². The zero-order valence-corrected chi connectivity index (χ0v) is 21.5. The minimum atomic E-state index is 0.160. The molecular formula is C30H28N4O2S. The monoisotopic (exact) mass is 508 g/mol. The van der Waals surface area contributed by atoms with Crippen molar-refractivity contribution in [2.45, 2.75) is 36.4 Å². The molecule has 186 valence electrons. The second-order valence-corrected chi connectivity index (χ2v) is 10.1. The van der Waals surface area contributed by atoms with Crippen LogP contribution in [0.5, 0.6) is 5.75 Å². The molecule has 0 N–H and O–H groups in total. The number of nitrogens with zero attached hydrogens (tertiary/aromatic N) is 4. The predicted molar refractivity (Wildman–Crippen MR) is 148 cm³/mol. The zero-order valence-electron chi connectivity index (χ0n) is 20.7. The van der Waals surface area contributed by atoms with E-state index in [1.165, 1.54) is 5.56 Å². The van der Waals surface area contributed by atoms with Gasteiger partial charge in [-0.1, -0.05) is 72.4 Å². The van der Waals surface area contributed by atoms with Crippen molar-refractivity contribution in [3.63, 3.8) is 0 Å². The summed E-state index contributed by atoms with van der Waals surface area (Å²) in [5.41, 5.74) is 5.15. The van der Waals surface area contributed by atoms with Gasteiger partial charge in [-0.25, -0.2) is 4.98 Å². The largest absolute Gasteiger partial charge is 0.497 e. The molecule has 0 unspecified atom stereocenters. The SMILES string of the molecule is COc1cccc(CSc2nnc(-c3cc(-c4ccccc4)nc4ccccc34)n2C[C@@H]2CCCO2)c1. The third-order valence-electron chi connectivity index (χ3n) is 6.66. The number of pyridine rings is 1. The topological polar surface area (TPSA) is 62.1 Å². The van der Waals surface area contributed by atoms with Crippen LogP contribution >= 0.6 is 11.8 Å². The molecule has 0 aliphatic carbocycles. The number of thioether (sulfide) groups is 1. The molecule has 1 fully saturated rings. The summed E-state index contributed by atoms with van der Waals surface area (Å²) < 4.78 is 13.7. The molecule has 1 aliphatic rings. The van der Waals surface area contributed by atoms with Crippen molar-refractivity contribution in [1.29, 1.82) is 0 Å². The van der Waals surface area contributed by atoms with E-state index in [2.05, 4.69) is 58.2 Å². The van der Waals surface area contributed by atoms with Crippen molar-refractivity contribution in [3.05, 3.63) is 90.5 Å². The van der Waals surface area contributed by atoms with E-state index in [4.69, 9.17) is 19.6 Å². The number of hydrogen-bond acceptors (Lipinski definition) is 6. The molecule has 2 aromatic heterocycles. The van der Waals surface area contributed by atoms with Gasteiger partial charge in [-0.05, 0) is 42.7 Å². The van der Waals surface area contributed by atoms with Gasteiger partial charge in [-0.3, -0.25) is 4.57 Å². The fourth-order valence-corrected chi connectivity index (χ4v) is 5.67. The molecule has 0 bridgehead atoms. The summed E-state index contributed by atoms with van der Waals surface area (Å²) in [6.07, 6.45) is 2.29. The van der Waals surface area contributed by atoms with Gasteiger partial charge >= 0.3 is 0 Å². The smallest absolute Gasteiger partial charge is 0.191 e. The number of fused-ring (bicyclic) bond motifs is 1. The first-order valence-corrected chi connectivity index (χ1v) is 13.5. The van der Waals surface area contributed by atoms with Crippen molar-refractivity contribution in [2.24, 2.45) is 0 Å². The Balaban J connectivity index is 1.43. The van der Waals surface area contributed by atoms with Gasteiger partial charge in [0.25, 0.3) is 0 Å². The van der Waals surface area contributed by atoms with E-state index in [0.29, 0.717) is 0 Å². The first-order valence-electron chi connectivity index (χ1n) is 12.5. The molecule has 37 heavy (non-hydrogen) atoms. The highest BCUT2D eigenvalue weighted by Gasteiger charge is 2.23. The van der Waals surface area contributed by atoms with Crippen LogP contribution in [0, 0.1) is 0 Å². The summed E-state index contributed by atoms with van der Waals surface area (Å²) >= 11 is 1.69. The Morgan fingerprint density at radius 3 is 2.68 bits per heavy atom. The van der Waals surface area contributed by atoms with Crippen LogP contribution < -0.4 is 4.74 Å². The van der Waals surface area contributed by atoms with Gasteiger partial charge in [-0.2, -0.15) is 0 Å². The number of methoxy groups -OCH3 is 1. The Morgan fingerprint density at radius 1 is 0.973 bits per heavy atom. The Hall–Kier alpha value is -3.68. The second kappa shape index (κ2) is 10.7. The van der Waals surface area contributed by atoms with Gasteiger partial charge in [-0.15, -0.1) is 10.2 Å². The average molecular weight is 509 g/mol. The maximum Gasteiger partial charge on any atom is 0.191 e. The van der Waals surface area contributed by atoms with E-state index in [1.807, 2.05) is 36.4 Å². The van der Waals surface area contributed by atoms with Gasteiger partial charge < -0.3 is 9.47 Å². The Labute approximate surface area is 220 Å². The lowest BCUT2D eigenvalue weighted by molar-refractivity contribution is 0.0953. The number of para-hydroxylation sites is 1. The van der Waals surface area contributed by atoms with Gasteiger partial charge in [0, 0.05) is 28.9 Å². The van der Waals surface area contributed by atoms with E-state index in [1.54, 1.807) is 18.9 Å². The minimum Gasteiger partial charge on any atom is -0.497 e. The standard InChI is InChI=1S/C30H28N4O2S/c1-35-23-12-7-9-21(17-23)20-37-30-33-32-29(34(30)19-24-13-8-16-36-24)26-18-28(22-10-3-2-4-11-22)31-27-15-6-5-14-25(26)27/h2-7,9-12,14-15,17-18,24H,8,13,16,19-20H2,1H3/t24-/m0/s1. The summed E-state index contributed by atoms with van der Waals surface area (Å²) in [7, 11) is 1.69. The van der Waals surface area contributed by atoms with E-state index < -0.39 is 0 Å². The molecule has 0 spiro atoms. The van der Waals surface area contributed by atoms with Crippen LogP contribution in [-0.2, 0) is 17.0 Å². The summed E-state index contributed by atoms with van der Waals surface area (Å²) in [6, 6.07) is 28.8. The van der Waals surface area contributed by atoms with E-state index in [-0.39, 0.29) is 6.10 Å². The highest BCUT2D eigenvalue weighted by atomic mass is 32.2. The van der Waals surface area contributed by atoms with Gasteiger partial charge in [0.15, 0.2) is 11.0 Å². The number of hydrogen-bond donors (Lipinski definition) is 0. The Bertz CT molecular complexity index is 1510. The van der Waals surface area contributed by atoms with Crippen LogP contribution in [0.1, 0.15) is 18.4 Å². The van der Waals surface area contributed by atoms with Crippen molar-refractivity contribution in [1.82, 2.24) is 19.7 Å². The number of rotatable bonds is 8. The van der Waals surface area contributed by atoms with E-state index >= 15 is 0 Å². The average Bonchev–Trinajstić information content (AvgIpc) is 3.62. The molecule has 0 amide bonds. The lowest BCUT2D eigenvalue weighted by Gasteiger charge is -2.16. The molecule has 1 saturated heterocycles. The number of aromatic nitrogens is 4. The summed E-state index contributed by atoms with van der Waals surface area (Å²) in [6.45, 7) is 1.53. The molecule has 7 heteroatoms. The fourth-order valence-electron chi connectivity index (χ4n) is 4.78. The third kappa shape index (κ3) is 5.10. The zero-order chi connectivity index (χ0) is 25.0. The van der Waals surface area contributed by atoms with Crippen molar-refractivity contribution in [2.75, 3.05) is 13.7 Å². The molecule has 6 nitrogen and oxygen atoms in total. The predicted octanol–water partition coefficient (Wildman–Crippen LogP) is 6.64. The molecule has 3 heterocycles. The highest BCUT2D eigenvalue weighted by molar-refractivity contribution is 7.98. The van der Waals surface area contributed by atoms with Crippen LogP contribution in [0.3, 0.4) is 0 Å². The molecule has 3 aromatic carbocycles. The molecule has 1 atom stereocenters. The summed E-state index contributed by atoms with van der Waals surface area (Å²) in [5, 5.41) is 11.4. The quantitative estimate of drug-likeness (QED) is 0.219. The lowest BCUT2D eigenvalue weighted by atomic mass is 10.0. The Kier molecular flexibility index (Phi) is 6.88. The summed E-state index contributed by atoms with van der Waals surface area (Å²) in [4.78, 5) is 4.96. The minimum absolute atomic E-state index is 0.160. The first-order chi connectivity index (χ1) is 18.3. The second-order valence-electron chi connectivity index (χ2n) is 9.13. The number of ether oxygens (including phenoxy) is 2. The molecule has 1 aliphatic heterocycles. The molecule has 0 radical (unpaired) electrons. The Morgan fingerprint density at radius 2 is 1.84 bits per heavy atom. The normalized spacial score (nSPS) is 15.3. The molecule has 5 aromatic rings. The highest BCUT2D eigenvalue weighted by Crippen LogP contribution is 2.34. The molecule has 0 saturated carbocycles.